The highest BCUT2D eigenvalue weighted by molar-refractivity contribution is 7.89. The highest BCUT2D eigenvalue weighted by atomic mass is 32.2. The Kier molecular flexibility index (Phi) is 6.04. The molecule has 2 heterocycles. The van der Waals surface area contributed by atoms with Crippen LogP contribution >= 0.6 is 0 Å². The first kappa shape index (κ1) is 24.7. The van der Waals surface area contributed by atoms with Crippen molar-refractivity contribution in [2.24, 2.45) is 23.7 Å². The predicted molar refractivity (Wildman–Crippen MR) is 140 cm³/mol. The molecule has 1 saturated carbocycles. The van der Waals surface area contributed by atoms with E-state index in [4.69, 9.17) is 0 Å². The van der Waals surface area contributed by atoms with E-state index in [0.717, 1.165) is 11.1 Å². The van der Waals surface area contributed by atoms with Gasteiger partial charge in [0.25, 0.3) is 0 Å². The molecule has 3 fully saturated rings. The minimum absolute atomic E-state index is 0.00550. The fourth-order valence-corrected chi connectivity index (χ4v) is 8.17. The Morgan fingerprint density at radius 1 is 0.789 bits per heavy atom. The number of imide groups is 1. The van der Waals surface area contributed by atoms with Gasteiger partial charge in [0, 0.05) is 18.9 Å². The largest absolute Gasteiger partial charge is 0.299 e. The Morgan fingerprint density at radius 3 is 2.08 bits per heavy atom. The predicted octanol–water partition coefficient (Wildman–Crippen LogP) is 3.75. The molecular weight excluding hydrogens is 500 g/mol. The number of rotatable bonds is 5. The molecule has 1 aliphatic carbocycles. The van der Waals surface area contributed by atoms with Gasteiger partial charge in [-0.3, -0.25) is 19.3 Å². The fourth-order valence-electron chi connectivity index (χ4n) is 6.50. The zero-order valence-corrected chi connectivity index (χ0v) is 21.8. The van der Waals surface area contributed by atoms with Crippen LogP contribution in [0.1, 0.15) is 29.2 Å². The Bertz CT molecular complexity index is 1510. The van der Waals surface area contributed by atoms with Crippen molar-refractivity contribution < 1.29 is 22.8 Å². The van der Waals surface area contributed by atoms with Gasteiger partial charge in [-0.25, -0.2) is 8.42 Å². The van der Waals surface area contributed by atoms with Crippen molar-refractivity contribution >= 4 is 27.6 Å². The molecule has 8 heteroatoms. The number of likely N-dealkylation sites (tertiary alicyclic amines) is 1. The van der Waals surface area contributed by atoms with Crippen LogP contribution < -0.4 is 0 Å². The van der Waals surface area contributed by atoms with Crippen LogP contribution in [-0.2, 0) is 31.0 Å². The molecule has 2 saturated heterocycles. The van der Waals surface area contributed by atoms with Gasteiger partial charge in [-0.1, -0.05) is 78.4 Å². The first-order valence-electron chi connectivity index (χ1n) is 12.8. The lowest BCUT2D eigenvalue weighted by Gasteiger charge is -2.33. The quantitative estimate of drug-likeness (QED) is 0.471. The first-order valence-corrected chi connectivity index (χ1v) is 14.3. The third-order valence-electron chi connectivity index (χ3n) is 8.28. The molecule has 0 bridgehead atoms. The molecule has 0 N–H and O–H groups in total. The Morgan fingerprint density at radius 2 is 1.42 bits per heavy atom. The molecule has 3 aliphatic rings. The molecule has 6 rings (SSSR count). The average Bonchev–Trinajstić information content (AvgIpc) is 3.43. The van der Waals surface area contributed by atoms with E-state index >= 15 is 0 Å². The topological polar surface area (TPSA) is 91.8 Å². The molecule has 0 spiro atoms. The molecular formula is C30H28N2O5S. The lowest BCUT2D eigenvalue weighted by Crippen LogP contribution is -2.42. The zero-order chi connectivity index (χ0) is 26.6. The minimum Gasteiger partial charge on any atom is -0.299 e. The number of ketones is 1. The molecule has 3 aromatic rings. The van der Waals surface area contributed by atoms with E-state index in [0.29, 0.717) is 5.56 Å². The summed E-state index contributed by atoms with van der Waals surface area (Å²) < 4.78 is 29.3. The standard InChI is InChI=1S/C30H28N2O5S/c1-19-12-14-22(15-13-19)38(36,37)32-18-24-26-23(16-25(33)27(24)28(32)21-10-6-3-7-11-21)29(34)31(30(26)35)17-20-8-4-2-5-9-20/h2-15,23-24,26-28H,16-18H2,1H3/t23-,24-,26-,27-,28-/m0/s1. The number of amides is 2. The highest BCUT2D eigenvalue weighted by Gasteiger charge is 2.63. The summed E-state index contributed by atoms with van der Waals surface area (Å²) in [5.41, 5.74) is 2.47. The van der Waals surface area contributed by atoms with E-state index in [9.17, 15) is 22.8 Å². The molecule has 0 aromatic heterocycles. The third kappa shape index (κ3) is 3.90. The molecule has 5 atom stereocenters. The maximum absolute atomic E-state index is 14.0. The lowest BCUT2D eigenvalue weighted by atomic mass is 9.66. The first-order chi connectivity index (χ1) is 18.3. The van der Waals surface area contributed by atoms with Crippen molar-refractivity contribution in [1.82, 2.24) is 9.21 Å². The highest BCUT2D eigenvalue weighted by Crippen LogP contribution is 2.54. The second-order valence-electron chi connectivity index (χ2n) is 10.5. The Hall–Kier alpha value is -3.62. The van der Waals surface area contributed by atoms with Crippen molar-refractivity contribution in [3.05, 3.63) is 102 Å². The number of carbonyl (C=O) groups is 3. The van der Waals surface area contributed by atoms with Crippen LogP contribution in [0.4, 0.5) is 0 Å². The zero-order valence-electron chi connectivity index (χ0n) is 20.9. The van der Waals surface area contributed by atoms with Crippen molar-refractivity contribution in [2.45, 2.75) is 30.8 Å². The Labute approximate surface area is 222 Å². The average molecular weight is 529 g/mol. The number of sulfonamides is 1. The van der Waals surface area contributed by atoms with Gasteiger partial charge in [-0.15, -0.1) is 0 Å². The number of nitrogens with zero attached hydrogens (tertiary/aromatic N) is 2. The van der Waals surface area contributed by atoms with E-state index < -0.39 is 39.7 Å². The molecule has 0 unspecified atom stereocenters. The van der Waals surface area contributed by atoms with Gasteiger partial charge in [0.2, 0.25) is 21.8 Å². The minimum atomic E-state index is -3.98. The fraction of sp³-hybridized carbons (Fsp3) is 0.300. The summed E-state index contributed by atoms with van der Waals surface area (Å²) in [5, 5.41) is 0. The van der Waals surface area contributed by atoms with Gasteiger partial charge >= 0.3 is 0 Å². The second kappa shape index (κ2) is 9.29. The van der Waals surface area contributed by atoms with Gasteiger partial charge < -0.3 is 0 Å². The van der Waals surface area contributed by atoms with Gasteiger partial charge in [0.05, 0.1) is 29.3 Å². The number of hydrogen-bond acceptors (Lipinski definition) is 5. The van der Waals surface area contributed by atoms with E-state index in [1.54, 1.807) is 24.3 Å². The monoisotopic (exact) mass is 528 g/mol. The molecule has 2 amide bonds. The molecule has 3 aromatic carbocycles. The van der Waals surface area contributed by atoms with E-state index in [1.165, 1.54) is 9.21 Å². The third-order valence-corrected chi connectivity index (χ3v) is 10.1. The van der Waals surface area contributed by atoms with Crippen LogP contribution in [-0.4, -0.2) is 41.8 Å². The molecule has 194 valence electrons. The van der Waals surface area contributed by atoms with Crippen LogP contribution in [0.3, 0.4) is 0 Å². The Balaban J connectivity index is 1.41. The number of benzene rings is 3. The molecule has 7 nitrogen and oxygen atoms in total. The number of aryl methyl sites for hydroxylation is 1. The number of fused-ring (bicyclic) bond motifs is 3. The van der Waals surface area contributed by atoms with Gasteiger partial charge in [0.15, 0.2) is 0 Å². The normalized spacial score (nSPS) is 27.4. The smallest absolute Gasteiger partial charge is 0.243 e. The maximum atomic E-state index is 14.0. The van der Waals surface area contributed by atoms with Crippen LogP contribution in [0.25, 0.3) is 0 Å². The summed E-state index contributed by atoms with van der Waals surface area (Å²) in [4.78, 5) is 42.2. The van der Waals surface area contributed by atoms with E-state index in [-0.39, 0.29) is 42.0 Å². The molecule has 0 radical (unpaired) electrons. The SMILES string of the molecule is Cc1ccc(S(=O)(=O)N2C[C@H]3[C@H]4C(=O)N(Cc5ccccc5)C(=O)[C@H]4CC(=O)[C@H]3[C@@H]2c2ccccc2)cc1. The number of Topliss-reactive ketones (excluding diaryl/α,β-unsaturated/α-hetero) is 1. The van der Waals surface area contributed by atoms with Crippen molar-refractivity contribution in [1.29, 1.82) is 0 Å². The summed E-state index contributed by atoms with van der Waals surface area (Å²) in [6.07, 6.45) is -0.0521. The molecule has 2 aliphatic heterocycles. The van der Waals surface area contributed by atoms with E-state index in [2.05, 4.69) is 0 Å². The summed E-state index contributed by atoms with van der Waals surface area (Å²) in [6, 6.07) is 24.3. The number of hydrogen-bond donors (Lipinski definition) is 0. The van der Waals surface area contributed by atoms with Crippen LogP contribution in [0.15, 0.2) is 89.8 Å². The summed E-state index contributed by atoms with van der Waals surface area (Å²) >= 11 is 0. The number of carbonyl (C=O) groups excluding carboxylic acids is 3. The van der Waals surface area contributed by atoms with Crippen LogP contribution in [0.5, 0.6) is 0 Å². The lowest BCUT2D eigenvalue weighted by molar-refractivity contribution is -0.141. The van der Waals surface area contributed by atoms with Crippen molar-refractivity contribution in [3.8, 4) is 0 Å². The van der Waals surface area contributed by atoms with Crippen LogP contribution in [0.2, 0.25) is 0 Å². The van der Waals surface area contributed by atoms with Crippen molar-refractivity contribution in [2.75, 3.05) is 6.54 Å². The van der Waals surface area contributed by atoms with E-state index in [1.807, 2.05) is 67.6 Å². The summed E-state index contributed by atoms with van der Waals surface area (Å²) in [6.45, 7) is 2.03. The van der Waals surface area contributed by atoms with Crippen LogP contribution in [0, 0.1) is 30.6 Å². The van der Waals surface area contributed by atoms with Crippen molar-refractivity contribution in [3.63, 3.8) is 0 Å². The van der Waals surface area contributed by atoms with Gasteiger partial charge in [0.1, 0.15) is 5.78 Å². The van der Waals surface area contributed by atoms with Gasteiger partial charge in [-0.2, -0.15) is 4.31 Å². The van der Waals surface area contributed by atoms with Gasteiger partial charge in [-0.05, 0) is 36.1 Å². The maximum Gasteiger partial charge on any atom is 0.243 e. The molecule has 38 heavy (non-hydrogen) atoms. The summed E-state index contributed by atoms with van der Waals surface area (Å²) in [7, 11) is -3.98. The summed E-state index contributed by atoms with van der Waals surface area (Å²) in [5.74, 6) is -3.57. The second-order valence-corrected chi connectivity index (χ2v) is 12.4.